The first-order valence-corrected chi connectivity index (χ1v) is 11.1. The maximum absolute atomic E-state index is 9.29. The summed E-state index contributed by atoms with van der Waals surface area (Å²) in [5.74, 6) is 0. The van der Waals surface area contributed by atoms with Gasteiger partial charge >= 0.3 is 0 Å². The van der Waals surface area contributed by atoms with Gasteiger partial charge in [-0.05, 0) is 15.4 Å². The molecule has 1 heterocycles. The first-order chi connectivity index (χ1) is 12.5. The second kappa shape index (κ2) is 7.88. The largest absolute Gasteiger partial charge is 0.404 e. The zero-order chi connectivity index (χ0) is 18.6. The molecule has 0 aliphatic carbocycles. The zero-order valence-electron chi connectivity index (χ0n) is 15.8. The number of aliphatic hydroxyl groups excluding tert-OH is 1. The first kappa shape index (κ1) is 19.0. The van der Waals surface area contributed by atoms with Gasteiger partial charge in [0.15, 0.2) is 0 Å². The van der Waals surface area contributed by atoms with E-state index in [4.69, 9.17) is 9.16 Å². The lowest BCUT2D eigenvalue weighted by atomic mass is 10.2. The Hall–Kier alpha value is -1.72. The summed E-state index contributed by atoms with van der Waals surface area (Å²) in [4.78, 5) is 0. The molecule has 0 aromatic heterocycles. The van der Waals surface area contributed by atoms with Crippen LogP contribution in [0, 0.1) is 0 Å². The van der Waals surface area contributed by atoms with Crippen molar-refractivity contribution in [2.45, 2.75) is 38.0 Å². The summed E-state index contributed by atoms with van der Waals surface area (Å²) in [6.45, 7) is 7.29. The van der Waals surface area contributed by atoms with E-state index in [0.717, 1.165) is 0 Å². The summed E-state index contributed by atoms with van der Waals surface area (Å²) in [7, 11) is -2.53. The highest BCUT2D eigenvalue weighted by molar-refractivity contribution is 6.99. The third-order valence-electron chi connectivity index (χ3n) is 4.95. The molecule has 0 fully saturated rings. The van der Waals surface area contributed by atoms with Gasteiger partial charge < -0.3 is 14.3 Å². The maximum Gasteiger partial charge on any atom is 0.261 e. The van der Waals surface area contributed by atoms with Crippen LogP contribution in [0.5, 0.6) is 0 Å². The number of benzene rings is 2. The van der Waals surface area contributed by atoms with Crippen LogP contribution in [-0.2, 0) is 9.16 Å². The fraction of sp³-hybridized carbons (Fsp3) is 0.364. The van der Waals surface area contributed by atoms with Crippen molar-refractivity contribution < 1.29 is 14.3 Å². The van der Waals surface area contributed by atoms with Gasteiger partial charge in [0.05, 0.1) is 25.4 Å². The lowest BCUT2D eigenvalue weighted by Gasteiger charge is -2.43. The van der Waals surface area contributed by atoms with E-state index < -0.39 is 8.32 Å². The van der Waals surface area contributed by atoms with Gasteiger partial charge in [-0.15, -0.1) is 0 Å². The summed E-state index contributed by atoms with van der Waals surface area (Å²) in [6.07, 6.45) is 3.58. The van der Waals surface area contributed by atoms with Gasteiger partial charge in [0.2, 0.25) is 0 Å². The van der Waals surface area contributed by atoms with Gasteiger partial charge in [-0.2, -0.15) is 0 Å². The maximum atomic E-state index is 9.29. The van der Waals surface area contributed by atoms with Crippen LogP contribution in [0.2, 0.25) is 5.04 Å². The molecule has 2 aromatic carbocycles. The Bertz CT molecular complexity index is 683. The predicted octanol–water partition coefficient (Wildman–Crippen LogP) is 2.88. The summed E-state index contributed by atoms with van der Waals surface area (Å²) in [6, 6.07) is 21.2. The highest BCUT2D eigenvalue weighted by atomic mass is 28.4. The van der Waals surface area contributed by atoms with Crippen LogP contribution in [-0.4, -0.2) is 38.8 Å². The predicted molar refractivity (Wildman–Crippen MR) is 108 cm³/mol. The Balaban J connectivity index is 1.99. The van der Waals surface area contributed by atoms with Crippen LogP contribution in [0.4, 0.5) is 0 Å². The fourth-order valence-electron chi connectivity index (χ4n) is 3.73. The molecule has 138 valence electrons. The van der Waals surface area contributed by atoms with Gasteiger partial charge in [-0.25, -0.2) is 0 Å². The third-order valence-corrected chi connectivity index (χ3v) is 9.96. The molecule has 3 nitrogen and oxygen atoms in total. The lowest BCUT2D eigenvalue weighted by Crippen LogP contribution is -2.67. The van der Waals surface area contributed by atoms with Gasteiger partial charge in [-0.1, -0.05) is 93.6 Å². The van der Waals surface area contributed by atoms with Gasteiger partial charge in [0, 0.05) is 0 Å². The molecule has 0 unspecified atom stereocenters. The minimum absolute atomic E-state index is 0.00616. The lowest BCUT2D eigenvalue weighted by molar-refractivity contribution is 0.00405. The molecule has 0 spiro atoms. The van der Waals surface area contributed by atoms with Crippen molar-refractivity contribution in [1.29, 1.82) is 0 Å². The molecule has 1 aliphatic rings. The Morgan fingerprint density at radius 3 is 1.81 bits per heavy atom. The van der Waals surface area contributed by atoms with Crippen LogP contribution >= 0.6 is 0 Å². The monoisotopic (exact) mass is 368 g/mol. The average Bonchev–Trinajstić information content (AvgIpc) is 3.11. The van der Waals surface area contributed by atoms with E-state index in [0.29, 0.717) is 6.61 Å². The number of aliphatic hydroxyl groups is 1. The first-order valence-electron chi connectivity index (χ1n) is 9.17. The summed E-state index contributed by atoms with van der Waals surface area (Å²) >= 11 is 0. The van der Waals surface area contributed by atoms with Crippen LogP contribution < -0.4 is 10.4 Å². The molecular formula is C22H28O3Si. The Morgan fingerprint density at radius 2 is 1.38 bits per heavy atom. The van der Waals surface area contributed by atoms with Gasteiger partial charge in [-0.3, -0.25) is 0 Å². The summed E-state index contributed by atoms with van der Waals surface area (Å²) in [5.41, 5.74) is 0. The van der Waals surface area contributed by atoms with E-state index in [2.05, 4.69) is 69.3 Å². The molecule has 3 rings (SSSR count). The number of rotatable bonds is 6. The van der Waals surface area contributed by atoms with Crippen molar-refractivity contribution in [2.24, 2.45) is 0 Å². The highest BCUT2D eigenvalue weighted by Crippen LogP contribution is 2.37. The van der Waals surface area contributed by atoms with Crippen molar-refractivity contribution in [1.82, 2.24) is 0 Å². The molecule has 2 atom stereocenters. The number of hydrogen-bond acceptors (Lipinski definition) is 3. The van der Waals surface area contributed by atoms with E-state index in [1.165, 1.54) is 10.4 Å². The molecule has 26 heavy (non-hydrogen) atoms. The highest BCUT2D eigenvalue weighted by Gasteiger charge is 2.50. The molecule has 2 aromatic rings. The second-order valence-corrected chi connectivity index (χ2v) is 12.1. The molecule has 0 bridgehead atoms. The third kappa shape index (κ3) is 3.69. The van der Waals surface area contributed by atoms with Crippen LogP contribution in [0.25, 0.3) is 0 Å². The number of hydrogen-bond donors (Lipinski definition) is 1. The SMILES string of the molecule is CC(C)(C)[Si](OC[C@@H]1C=C[C@H](CO)O1)(c1ccccc1)c1ccccc1. The molecule has 0 saturated carbocycles. The average molecular weight is 369 g/mol. The summed E-state index contributed by atoms with van der Waals surface area (Å²) < 4.78 is 12.7. The van der Waals surface area contributed by atoms with E-state index in [1.54, 1.807) is 0 Å². The fourth-order valence-corrected chi connectivity index (χ4v) is 8.30. The molecule has 1 aliphatic heterocycles. The smallest absolute Gasteiger partial charge is 0.261 e. The van der Waals surface area contributed by atoms with E-state index in [-0.39, 0.29) is 23.9 Å². The molecule has 0 radical (unpaired) electrons. The van der Waals surface area contributed by atoms with Crippen LogP contribution in [0.3, 0.4) is 0 Å². The topological polar surface area (TPSA) is 38.7 Å². The zero-order valence-corrected chi connectivity index (χ0v) is 16.8. The molecule has 1 N–H and O–H groups in total. The molecular weight excluding hydrogens is 340 g/mol. The normalized spacial score (nSPS) is 20.5. The standard InChI is InChI=1S/C22H28O3Si/c1-22(2,3)26(20-10-6-4-7-11-20,21-12-8-5-9-13-21)24-17-19-15-14-18(16-23)25-19/h4-15,18-19,23H,16-17H2,1-3H3/t18-,19+/m1/s1. The van der Waals surface area contributed by atoms with E-state index in [1.807, 2.05) is 24.3 Å². The van der Waals surface area contributed by atoms with Crippen molar-refractivity contribution in [3.05, 3.63) is 72.8 Å². The summed E-state index contributed by atoms with van der Waals surface area (Å²) in [5, 5.41) is 11.8. The molecule has 0 saturated heterocycles. The van der Waals surface area contributed by atoms with Crippen LogP contribution in [0.1, 0.15) is 20.8 Å². The number of ether oxygens (including phenoxy) is 1. The van der Waals surface area contributed by atoms with E-state index >= 15 is 0 Å². The van der Waals surface area contributed by atoms with E-state index in [9.17, 15) is 5.11 Å². The van der Waals surface area contributed by atoms with Crippen molar-refractivity contribution >= 4 is 18.7 Å². The minimum Gasteiger partial charge on any atom is -0.404 e. The quantitative estimate of drug-likeness (QED) is 0.629. The van der Waals surface area contributed by atoms with Gasteiger partial charge in [0.25, 0.3) is 8.32 Å². The van der Waals surface area contributed by atoms with Crippen molar-refractivity contribution in [3.8, 4) is 0 Å². The second-order valence-electron chi connectivity index (χ2n) is 7.75. The Kier molecular flexibility index (Phi) is 5.78. The molecule has 0 amide bonds. The Morgan fingerprint density at radius 1 is 0.885 bits per heavy atom. The Labute approximate surface area is 157 Å². The van der Waals surface area contributed by atoms with Crippen LogP contribution in [0.15, 0.2) is 72.8 Å². The minimum atomic E-state index is -2.53. The van der Waals surface area contributed by atoms with Gasteiger partial charge in [0.1, 0.15) is 0 Å². The van der Waals surface area contributed by atoms with Crippen molar-refractivity contribution in [3.63, 3.8) is 0 Å². The molecule has 4 heteroatoms. The van der Waals surface area contributed by atoms with Crippen molar-refractivity contribution in [2.75, 3.05) is 13.2 Å².